The first kappa shape index (κ1) is 15.9. The molecule has 0 spiro atoms. The molecule has 0 aliphatic carbocycles. The van der Waals surface area contributed by atoms with Crippen LogP contribution in [-0.2, 0) is 10.0 Å². The van der Waals surface area contributed by atoms with Gasteiger partial charge in [0, 0.05) is 13.1 Å². The molecule has 2 atom stereocenters. The minimum atomic E-state index is -3.02. The molecule has 0 bridgehead atoms. The van der Waals surface area contributed by atoms with Gasteiger partial charge >= 0.3 is 0 Å². The van der Waals surface area contributed by atoms with Gasteiger partial charge in [-0.3, -0.25) is 0 Å². The van der Waals surface area contributed by atoms with E-state index in [4.69, 9.17) is 0 Å². The van der Waals surface area contributed by atoms with E-state index in [-0.39, 0.29) is 0 Å². The lowest BCUT2D eigenvalue weighted by molar-refractivity contribution is 0.212. The van der Waals surface area contributed by atoms with Crippen molar-refractivity contribution in [3.8, 4) is 0 Å². The van der Waals surface area contributed by atoms with Crippen LogP contribution in [0.1, 0.15) is 40.0 Å². The van der Waals surface area contributed by atoms with E-state index in [9.17, 15) is 8.42 Å². The Kier molecular flexibility index (Phi) is 6.60. The fraction of sp³-hybridized carbons (Fsp3) is 1.00. The van der Waals surface area contributed by atoms with Crippen LogP contribution in [0.3, 0.4) is 0 Å². The maximum absolute atomic E-state index is 12.2. The molecule has 1 aliphatic rings. The van der Waals surface area contributed by atoms with E-state index in [0.29, 0.717) is 30.7 Å². The maximum Gasteiger partial charge on any atom is 0.214 e. The number of nitrogens with zero attached hydrogens (tertiary/aromatic N) is 1. The molecule has 1 rings (SSSR count). The Balaban J connectivity index is 2.34. The van der Waals surface area contributed by atoms with E-state index in [1.54, 1.807) is 4.31 Å². The second-order valence-electron chi connectivity index (χ2n) is 5.48. The molecule has 0 saturated carbocycles. The Morgan fingerprint density at radius 3 is 2.56 bits per heavy atom. The number of nitrogens with one attached hydrogen (secondary N) is 1. The maximum atomic E-state index is 12.2. The van der Waals surface area contributed by atoms with Crippen LogP contribution in [0.4, 0.5) is 0 Å². The van der Waals surface area contributed by atoms with E-state index in [2.05, 4.69) is 26.1 Å². The van der Waals surface area contributed by atoms with Gasteiger partial charge in [0.1, 0.15) is 0 Å². The van der Waals surface area contributed by atoms with Gasteiger partial charge in [0.05, 0.1) is 5.75 Å². The molecule has 5 heteroatoms. The summed E-state index contributed by atoms with van der Waals surface area (Å²) in [6, 6.07) is 0. The zero-order valence-corrected chi connectivity index (χ0v) is 12.8. The topological polar surface area (TPSA) is 49.4 Å². The molecule has 1 aliphatic heterocycles. The molecule has 2 unspecified atom stereocenters. The third-order valence-electron chi connectivity index (χ3n) is 3.95. The molecule has 0 radical (unpaired) electrons. The fourth-order valence-corrected chi connectivity index (χ4v) is 3.99. The van der Waals surface area contributed by atoms with E-state index in [1.807, 2.05) is 0 Å². The second-order valence-corrected chi connectivity index (χ2v) is 7.57. The van der Waals surface area contributed by atoms with Crippen LogP contribution in [-0.4, -0.2) is 44.7 Å². The molecule has 0 aromatic carbocycles. The molecule has 0 amide bonds. The van der Waals surface area contributed by atoms with E-state index in [1.165, 1.54) is 0 Å². The summed E-state index contributed by atoms with van der Waals surface area (Å²) in [4.78, 5) is 0. The number of unbranched alkanes of at least 4 members (excludes halogenated alkanes) is 1. The molecular weight excluding hydrogens is 248 g/mol. The molecule has 18 heavy (non-hydrogen) atoms. The van der Waals surface area contributed by atoms with Gasteiger partial charge in [0.2, 0.25) is 10.0 Å². The van der Waals surface area contributed by atoms with Crippen LogP contribution in [0, 0.1) is 11.8 Å². The smallest absolute Gasteiger partial charge is 0.214 e. The predicted molar refractivity (Wildman–Crippen MR) is 76.1 cm³/mol. The monoisotopic (exact) mass is 276 g/mol. The van der Waals surface area contributed by atoms with E-state index >= 15 is 0 Å². The van der Waals surface area contributed by atoms with Crippen LogP contribution in [0.5, 0.6) is 0 Å². The third-order valence-corrected chi connectivity index (χ3v) is 5.87. The minimum Gasteiger partial charge on any atom is -0.317 e. The van der Waals surface area contributed by atoms with Gasteiger partial charge in [0.25, 0.3) is 0 Å². The Morgan fingerprint density at radius 2 is 1.94 bits per heavy atom. The van der Waals surface area contributed by atoms with Gasteiger partial charge in [-0.2, -0.15) is 0 Å². The molecule has 108 valence electrons. The molecule has 1 heterocycles. The highest BCUT2D eigenvalue weighted by Gasteiger charge is 2.29. The van der Waals surface area contributed by atoms with Gasteiger partial charge in [-0.15, -0.1) is 0 Å². The van der Waals surface area contributed by atoms with Crippen molar-refractivity contribution in [2.45, 2.75) is 40.0 Å². The molecule has 0 aromatic rings. The van der Waals surface area contributed by atoms with Crippen LogP contribution < -0.4 is 5.32 Å². The quantitative estimate of drug-likeness (QED) is 0.720. The Morgan fingerprint density at radius 1 is 1.22 bits per heavy atom. The van der Waals surface area contributed by atoms with Gasteiger partial charge < -0.3 is 5.32 Å². The summed E-state index contributed by atoms with van der Waals surface area (Å²) in [6.45, 7) is 9.71. The van der Waals surface area contributed by atoms with Crippen LogP contribution in [0.2, 0.25) is 0 Å². The molecule has 1 fully saturated rings. The van der Waals surface area contributed by atoms with Crippen molar-refractivity contribution in [1.82, 2.24) is 9.62 Å². The van der Waals surface area contributed by atoms with Gasteiger partial charge in [-0.05, 0) is 44.2 Å². The summed E-state index contributed by atoms with van der Waals surface area (Å²) in [5, 5.41) is 3.22. The first-order valence-electron chi connectivity index (χ1n) is 7.16. The van der Waals surface area contributed by atoms with Crippen LogP contribution in [0.15, 0.2) is 0 Å². The summed E-state index contributed by atoms with van der Waals surface area (Å²) >= 11 is 0. The molecular formula is C13H28N2O2S. The SMILES string of the molecule is CCNCCCCS(=O)(=O)N1CCC(C)C(C)C1. The lowest BCUT2D eigenvalue weighted by atomic mass is 9.90. The van der Waals surface area contributed by atoms with Crippen LogP contribution in [0.25, 0.3) is 0 Å². The number of piperidine rings is 1. The Hall–Kier alpha value is -0.130. The first-order chi connectivity index (χ1) is 8.47. The van der Waals surface area contributed by atoms with E-state index in [0.717, 1.165) is 32.4 Å². The number of hydrogen-bond donors (Lipinski definition) is 1. The number of sulfonamides is 1. The molecule has 1 N–H and O–H groups in total. The lowest BCUT2D eigenvalue weighted by Gasteiger charge is -2.34. The van der Waals surface area contributed by atoms with Crippen molar-refractivity contribution >= 4 is 10.0 Å². The summed E-state index contributed by atoms with van der Waals surface area (Å²) in [6.07, 6.45) is 2.69. The Bertz CT molecular complexity index is 330. The van der Waals surface area contributed by atoms with Crippen molar-refractivity contribution in [1.29, 1.82) is 0 Å². The molecule has 0 aromatic heterocycles. The van der Waals surface area contributed by atoms with Gasteiger partial charge in [-0.25, -0.2) is 12.7 Å². The lowest BCUT2D eigenvalue weighted by Crippen LogP contribution is -2.43. The average molecular weight is 276 g/mol. The highest BCUT2D eigenvalue weighted by molar-refractivity contribution is 7.89. The second kappa shape index (κ2) is 7.46. The minimum absolute atomic E-state index is 0.305. The van der Waals surface area contributed by atoms with Crippen LogP contribution >= 0.6 is 0 Å². The highest BCUT2D eigenvalue weighted by Crippen LogP contribution is 2.24. The summed E-state index contributed by atoms with van der Waals surface area (Å²) in [7, 11) is -3.02. The van der Waals surface area contributed by atoms with Crippen molar-refractivity contribution in [3.63, 3.8) is 0 Å². The third kappa shape index (κ3) is 4.86. The highest BCUT2D eigenvalue weighted by atomic mass is 32.2. The van der Waals surface area contributed by atoms with Gasteiger partial charge in [-0.1, -0.05) is 20.8 Å². The van der Waals surface area contributed by atoms with Crippen molar-refractivity contribution < 1.29 is 8.42 Å². The number of hydrogen-bond acceptors (Lipinski definition) is 3. The van der Waals surface area contributed by atoms with Crippen molar-refractivity contribution in [2.75, 3.05) is 31.9 Å². The molecule has 1 saturated heterocycles. The first-order valence-corrected chi connectivity index (χ1v) is 8.76. The summed E-state index contributed by atoms with van der Waals surface area (Å²) < 4.78 is 26.1. The largest absolute Gasteiger partial charge is 0.317 e. The predicted octanol–water partition coefficient (Wildman–Crippen LogP) is 1.68. The Labute approximate surface area is 112 Å². The normalized spacial score (nSPS) is 26.4. The van der Waals surface area contributed by atoms with E-state index < -0.39 is 10.0 Å². The summed E-state index contributed by atoms with van der Waals surface area (Å²) in [5.41, 5.74) is 0. The fourth-order valence-electron chi connectivity index (χ4n) is 2.32. The zero-order valence-electron chi connectivity index (χ0n) is 12.0. The standard InChI is InChI=1S/C13H28N2O2S/c1-4-14-8-5-6-10-18(16,17)15-9-7-12(2)13(3)11-15/h12-14H,4-11H2,1-3H3. The van der Waals surface area contributed by atoms with Crippen molar-refractivity contribution in [2.24, 2.45) is 11.8 Å². The van der Waals surface area contributed by atoms with Gasteiger partial charge in [0.15, 0.2) is 0 Å². The zero-order chi connectivity index (χ0) is 13.6. The van der Waals surface area contributed by atoms with Crippen molar-refractivity contribution in [3.05, 3.63) is 0 Å². The average Bonchev–Trinajstić information content (AvgIpc) is 2.32. The number of rotatable bonds is 7. The summed E-state index contributed by atoms with van der Waals surface area (Å²) in [5.74, 6) is 1.43. The molecule has 4 nitrogen and oxygen atoms in total.